The lowest BCUT2D eigenvalue weighted by Gasteiger charge is -2.05. The van der Waals surface area contributed by atoms with Crippen LogP contribution in [0.2, 0.25) is 0 Å². The largest absolute Gasteiger partial charge is 0.356 e. The molecule has 14 heavy (non-hydrogen) atoms. The van der Waals surface area contributed by atoms with Gasteiger partial charge in [-0.2, -0.15) is 5.10 Å². The zero-order valence-electron chi connectivity index (χ0n) is 8.79. The summed E-state index contributed by atoms with van der Waals surface area (Å²) in [5.74, 6) is 0.113. The topological polar surface area (TPSA) is 46.9 Å². The molecule has 0 unspecified atom stereocenters. The van der Waals surface area contributed by atoms with E-state index in [1.807, 2.05) is 24.6 Å². The smallest absolute Gasteiger partial charge is 0.219 e. The van der Waals surface area contributed by atoms with E-state index in [1.54, 1.807) is 6.20 Å². The lowest BCUT2D eigenvalue weighted by atomic mass is 10.4. The van der Waals surface area contributed by atoms with E-state index in [0.29, 0.717) is 6.42 Å². The highest BCUT2D eigenvalue weighted by molar-refractivity contribution is 5.75. The van der Waals surface area contributed by atoms with E-state index in [0.717, 1.165) is 25.2 Å². The minimum absolute atomic E-state index is 0.113. The molecule has 1 aromatic heterocycles. The number of aromatic nitrogens is 2. The van der Waals surface area contributed by atoms with Gasteiger partial charge in [-0.3, -0.25) is 9.48 Å². The van der Waals surface area contributed by atoms with Crippen molar-refractivity contribution in [2.45, 2.75) is 33.2 Å². The van der Waals surface area contributed by atoms with Gasteiger partial charge in [-0.25, -0.2) is 0 Å². The molecule has 0 saturated carbocycles. The molecule has 0 aliphatic heterocycles. The molecule has 0 fully saturated rings. The van der Waals surface area contributed by atoms with Crippen LogP contribution in [0.5, 0.6) is 0 Å². The van der Waals surface area contributed by atoms with Gasteiger partial charge >= 0.3 is 0 Å². The summed E-state index contributed by atoms with van der Waals surface area (Å²) in [4.78, 5) is 10.9. The summed E-state index contributed by atoms with van der Waals surface area (Å²) < 4.78 is 1.94. The van der Waals surface area contributed by atoms with Gasteiger partial charge in [-0.15, -0.1) is 0 Å². The first-order chi connectivity index (χ1) is 6.74. The van der Waals surface area contributed by atoms with Gasteiger partial charge in [0.05, 0.1) is 0 Å². The first-order valence-corrected chi connectivity index (χ1v) is 4.99. The van der Waals surface area contributed by atoms with Gasteiger partial charge < -0.3 is 5.32 Å². The number of hydrogen-bond acceptors (Lipinski definition) is 2. The predicted octanol–water partition coefficient (Wildman–Crippen LogP) is 1.11. The molecule has 0 spiro atoms. The third kappa shape index (κ3) is 3.20. The summed E-state index contributed by atoms with van der Waals surface area (Å²) in [6, 6.07) is 1.98. The molecule has 1 N–H and O–H groups in total. The Bertz CT molecular complexity index is 293. The highest BCUT2D eigenvalue weighted by Gasteiger charge is 1.98. The van der Waals surface area contributed by atoms with Crippen molar-refractivity contribution in [3.8, 4) is 0 Å². The third-order valence-corrected chi connectivity index (χ3v) is 2.12. The lowest BCUT2D eigenvalue weighted by molar-refractivity contribution is -0.120. The number of carbonyl (C=O) groups is 1. The molecule has 1 rings (SSSR count). The fraction of sp³-hybridized carbons (Fsp3) is 0.600. The average Bonchev–Trinajstić information content (AvgIpc) is 2.58. The Morgan fingerprint density at radius 1 is 1.64 bits per heavy atom. The van der Waals surface area contributed by atoms with Gasteiger partial charge in [0.1, 0.15) is 0 Å². The van der Waals surface area contributed by atoms with Crippen molar-refractivity contribution in [3.63, 3.8) is 0 Å². The number of nitrogens with zero attached hydrogens (tertiary/aromatic N) is 2. The Morgan fingerprint density at radius 3 is 3.00 bits per heavy atom. The van der Waals surface area contributed by atoms with Gasteiger partial charge in [0.2, 0.25) is 5.91 Å². The van der Waals surface area contributed by atoms with Crippen LogP contribution in [0.15, 0.2) is 12.3 Å². The summed E-state index contributed by atoms with van der Waals surface area (Å²) in [7, 11) is 0. The van der Waals surface area contributed by atoms with E-state index in [2.05, 4.69) is 10.4 Å². The molecule has 4 heteroatoms. The van der Waals surface area contributed by atoms with Crippen LogP contribution in [0.25, 0.3) is 0 Å². The zero-order chi connectivity index (χ0) is 10.4. The van der Waals surface area contributed by atoms with Crippen LogP contribution in [0.1, 0.15) is 25.5 Å². The van der Waals surface area contributed by atoms with Crippen LogP contribution in [-0.2, 0) is 11.3 Å². The van der Waals surface area contributed by atoms with Crippen molar-refractivity contribution >= 4 is 5.91 Å². The molecule has 0 radical (unpaired) electrons. The molecule has 0 atom stereocenters. The lowest BCUT2D eigenvalue weighted by Crippen LogP contribution is -2.24. The monoisotopic (exact) mass is 195 g/mol. The van der Waals surface area contributed by atoms with Crippen molar-refractivity contribution in [1.29, 1.82) is 0 Å². The van der Waals surface area contributed by atoms with E-state index in [1.165, 1.54) is 0 Å². The van der Waals surface area contributed by atoms with E-state index in [9.17, 15) is 4.79 Å². The maximum absolute atomic E-state index is 10.9. The zero-order valence-corrected chi connectivity index (χ0v) is 8.79. The summed E-state index contributed by atoms with van der Waals surface area (Å²) in [6.07, 6.45) is 3.27. The summed E-state index contributed by atoms with van der Waals surface area (Å²) in [5, 5.41) is 6.99. The third-order valence-electron chi connectivity index (χ3n) is 2.12. The Hall–Kier alpha value is -1.32. The van der Waals surface area contributed by atoms with E-state index < -0.39 is 0 Å². The van der Waals surface area contributed by atoms with Crippen molar-refractivity contribution in [2.24, 2.45) is 0 Å². The van der Waals surface area contributed by atoms with Gasteiger partial charge in [0.25, 0.3) is 0 Å². The van der Waals surface area contributed by atoms with E-state index in [4.69, 9.17) is 0 Å². The van der Waals surface area contributed by atoms with Crippen molar-refractivity contribution in [1.82, 2.24) is 15.1 Å². The van der Waals surface area contributed by atoms with Crippen LogP contribution in [-0.4, -0.2) is 22.2 Å². The SMILES string of the molecule is CCC(=O)NCCCn1nccc1C. The number of amides is 1. The molecule has 4 nitrogen and oxygen atoms in total. The molecule has 0 bridgehead atoms. The maximum Gasteiger partial charge on any atom is 0.219 e. The van der Waals surface area contributed by atoms with Gasteiger partial charge in [0.15, 0.2) is 0 Å². The number of hydrogen-bond donors (Lipinski definition) is 1. The summed E-state index contributed by atoms with van der Waals surface area (Å²) in [6.45, 7) is 5.47. The molecule has 0 aliphatic rings. The first-order valence-electron chi connectivity index (χ1n) is 4.99. The fourth-order valence-electron chi connectivity index (χ4n) is 1.21. The Morgan fingerprint density at radius 2 is 2.43 bits per heavy atom. The van der Waals surface area contributed by atoms with Crippen molar-refractivity contribution < 1.29 is 4.79 Å². The van der Waals surface area contributed by atoms with Crippen LogP contribution in [0.3, 0.4) is 0 Å². The molecule has 1 heterocycles. The second-order valence-electron chi connectivity index (χ2n) is 3.25. The maximum atomic E-state index is 10.9. The molecule has 0 saturated heterocycles. The Labute approximate surface area is 84.3 Å². The Balaban J connectivity index is 2.16. The first kappa shape index (κ1) is 10.8. The molecule has 1 amide bonds. The number of nitrogens with one attached hydrogen (secondary N) is 1. The van der Waals surface area contributed by atoms with Crippen molar-refractivity contribution in [3.05, 3.63) is 18.0 Å². The summed E-state index contributed by atoms with van der Waals surface area (Å²) in [5.41, 5.74) is 1.16. The molecule has 78 valence electrons. The van der Waals surface area contributed by atoms with Crippen LogP contribution in [0.4, 0.5) is 0 Å². The summed E-state index contributed by atoms with van der Waals surface area (Å²) >= 11 is 0. The van der Waals surface area contributed by atoms with Crippen LogP contribution < -0.4 is 5.32 Å². The molecule has 0 aliphatic carbocycles. The minimum atomic E-state index is 0.113. The van der Waals surface area contributed by atoms with Crippen LogP contribution in [0, 0.1) is 6.92 Å². The highest BCUT2D eigenvalue weighted by atomic mass is 16.1. The van der Waals surface area contributed by atoms with Gasteiger partial charge in [0, 0.05) is 31.4 Å². The van der Waals surface area contributed by atoms with Crippen LogP contribution >= 0.6 is 0 Å². The standard InChI is InChI=1S/C10H17N3O/c1-3-10(14)11-6-4-8-13-9(2)5-7-12-13/h5,7H,3-4,6,8H2,1-2H3,(H,11,14). The number of aryl methyl sites for hydroxylation is 2. The second-order valence-corrected chi connectivity index (χ2v) is 3.25. The highest BCUT2D eigenvalue weighted by Crippen LogP contribution is 1.96. The van der Waals surface area contributed by atoms with Gasteiger partial charge in [-0.05, 0) is 19.4 Å². The van der Waals surface area contributed by atoms with Gasteiger partial charge in [-0.1, -0.05) is 6.92 Å². The Kier molecular flexibility index (Phi) is 4.16. The molecular formula is C10H17N3O. The minimum Gasteiger partial charge on any atom is -0.356 e. The van der Waals surface area contributed by atoms with E-state index in [-0.39, 0.29) is 5.91 Å². The van der Waals surface area contributed by atoms with E-state index >= 15 is 0 Å². The molecular weight excluding hydrogens is 178 g/mol. The average molecular weight is 195 g/mol. The number of rotatable bonds is 5. The van der Waals surface area contributed by atoms with Crippen molar-refractivity contribution in [2.75, 3.05) is 6.54 Å². The number of carbonyl (C=O) groups excluding carboxylic acids is 1. The quantitative estimate of drug-likeness (QED) is 0.715. The predicted molar refractivity (Wildman–Crippen MR) is 54.9 cm³/mol. The molecule has 0 aromatic carbocycles. The molecule has 1 aromatic rings. The second kappa shape index (κ2) is 5.42. The normalized spacial score (nSPS) is 10.1. The fourth-order valence-corrected chi connectivity index (χ4v) is 1.21.